The minimum absolute atomic E-state index is 0.289. The molecule has 1 aromatic heterocycles. The number of rotatable bonds is 4. The largest absolute Gasteiger partial charge is 0.463 e. The first-order chi connectivity index (χ1) is 8.31. The van der Waals surface area contributed by atoms with Crippen molar-refractivity contribution in [2.24, 2.45) is 0 Å². The summed E-state index contributed by atoms with van der Waals surface area (Å²) in [5, 5.41) is 2.19. The standard InChI is InChI=1S/C12H18N2O3/c1-16-12(15)11-10(5-8-17-11)9-13-14-6-3-2-4-7-14/h5,8,13H,2-4,6-7,9H2,1H3. The van der Waals surface area contributed by atoms with Gasteiger partial charge in [0.2, 0.25) is 5.76 Å². The highest BCUT2D eigenvalue weighted by molar-refractivity contribution is 5.87. The molecule has 0 aromatic carbocycles. The molecule has 0 amide bonds. The predicted molar refractivity (Wildman–Crippen MR) is 62.3 cm³/mol. The average Bonchev–Trinajstić information content (AvgIpc) is 2.85. The molecule has 17 heavy (non-hydrogen) atoms. The molecule has 0 unspecified atom stereocenters. The van der Waals surface area contributed by atoms with Gasteiger partial charge in [-0.15, -0.1) is 0 Å². The summed E-state index contributed by atoms with van der Waals surface area (Å²) >= 11 is 0. The van der Waals surface area contributed by atoms with E-state index in [2.05, 4.69) is 15.2 Å². The van der Waals surface area contributed by atoms with Gasteiger partial charge in [0.1, 0.15) is 0 Å². The van der Waals surface area contributed by atoms with E-state index >= 15 is 0 Å². The normalized spacial score (nSPS) is 17.0. The third-order valence-electron chi connectivity index (χ3n) is 2.97. The Morgan fingerprint density at radius 1 is 1.47 bits per heavy atom. The van der Waals surface area contributed by atoms with E-state index in [4.69, 9.17) is 4.42 Å². The fourth-order valence-corrected chi connectivity index (χ4v) is 2.00. The van der Waals surface area contributed by atoms with Crippen molar-refractivity contribution in [3.63, 3.8) is 0 Å². The molecule has 1 aliphatic rings. The third kappa shape index (κ3) is 3.08. The Bertz CT molecular complexity index is 370. The highest BCUT2D eigenvalue weighted by Gasteiger charge is 2.16. The Morgan fingerprint density at radius 2 is 2.24 bits per heavy atom. The van der Waals surface area contributed by atoms with Gasteiger partial charge in [0.15, 0.2) is 0 Å². The number of furan rings is 1. The van der Waals surface area contributed by atoms with Gasteiger partial charge in [0.05, 0.1) is 13.4 Å². The topological polar surface area (TPSA) is 54.7 Å². The average molecular weight is 238 g/mol. The molecule has 5 heteroatoms. The summed E-state index contributed by atoms with van der Waals surface area (Å²) in [6.45, 7) is 2.72. The number of piperidine rings is 1. The van der Waals surface area contributed by atoms with Crippen LogP contribution in [-0.4, -0.2) is 31.2 Å². The molecule has 0 bridgehead atoms. The van der Waals surface area contributed by atoms with Crippen LogP contribution >= 0.6 is 0 Å². The second kappa shape index (κ2) is 5.84. The number of nitrogens with zero attached hydrogens (tertiary/aromatic N) is 1. The number of ether oxygens (including phenoxy) is 1. The summed E-state index contributed by atoms with van der Waals surface area (Å²) < 4.78 is 9.78. The summed E-state index contributed by atoms with van der Waals surface area (Å²) in [6.07, 6.45) is 5.27. The molecule has 1 N–H and O–H groups in total. The minimum atomic E-state index is -0.426. The SMILES string of the molecule is COC(=O)c1occc1CNN1CCCCC1. The van der Waals surface area contributed by atoms with E-state index in [0.29, 0.717) is 6.54 Å². The summed E-state index contributed by atoms with van der Waals surface area (Å²) in [5.74, 6) is -0.137. The van der Waals surface area contributed by atoms with Crippen LogP contribution in [0.25, 0.3) is 0 Å². The fourth-order valence-electron chi connectivity index (χ4n) is 2.00. The van der Waals surface area contributed by atoms with Crippen molar-refractivity contribution in [3.8, 4) is 0 Å². The van der Waals surface area contributed by atoms with E-state index in [-0.39, 0.29) is 5.76 Å². The van der Waals surface area contributed by atoms with Crippen molar-refractivity contribution < 1.29 is 13.9 Å². The Kier molecular flexibility index (Phi) is 4.17. The fraction of sp³-hybridized carbons (Fsp3) is 0.583. The molecule has 0 spiro atoms. The zero-order valence-corrected chi connectivity index (χ0v) is 10.1. The van der Waals surface area contributed by atoms with Gasteiger partial charge in [0.25, 0.3) is 0 Å². The van der Waals surface area contributed by atoms with Crippen molar-refractivity contribution in [1.29, 1.82) is 0 Å². The summed E-state index contributed by atoms with van der Waals surface area (Å²) in [4.78, 5) is 11.4. The molecule has 0 saturated carbocycles. The van der Waals surface area contributed by atoms with Crippen LogP contribution in [0, 0.1) is 0 Å². The van der Waals surface area contributed by atoms with Gasteiger partial charge in [0, 0.05) is 25.2 Å². The number of carbonyl (C=O) groups is 1. The molecule has 1 aliphatic heterocycles. The van der Waals surface area contributed by atoms with Crippen LogP contribution < -0.4 is 5.43 Å². The highest BCUT2D eigenvalue weighted by atomic mass is 16.5. The number of carbonyl (C=O) groups excluding carboxylic acids is 1. The van der Waals surface area contributed by atoms with Crippen LogP contribution in [0.3, 0.4) is 0 Å². The van der Waals surface area contributed by atoms with Gasteiger partial charge in [-0.1, -0.05) is 6.42 Å². The molecular formula is C12H18N2O3. The monoisotopic (exact) mass is 238 g/mol. The van der Waals surface area contributed by atoms with Crippen LogP contribution in [0.2, 0.25) is 0 Å². The number of esters is 1. The van der Waals surface area contributed by atoms with E-state index < -0.39 is 5.97 Å². The minimum Gasteiger partial charge on any atom is -0.463 e. The highest BCUT2D eigenvalue weighted by Crippen LogP contribution is 2.12. The number of methoxy groups -OCH3 is 1. The lowest BCUT2D eigenvalue weighted by atomic mass is 10.2. The smallest absolute Gasteiger partial charge is 0.374 e. The molecule has 1 saturated heterocycles. The summed E-state index contributed by atoms with van der Waals surface area (Å²) in [5.41, 5.74) is 4.14. The summed E-state index contributed by atoms with van der Waals surface area (Å²) in [6, 6.07) is 1.79. The quantitative estimate of drug-likeness (QED) is 0.807. The molecule has 0 aliphatic carbocycles. The van der Waals surface area contributed by atoms with E-state index in [0.717, 1.165) is 18.7 Å². The lowest BCUT2D eigenvalue weighted by Gasteiger charge is -2.26. The molecule has 1 fully saturated rings. The molecule has 5 nitrogen and oxygen atoms in total. The maximum atomic E-state index is 11.4. The van der Waals surface area contributed by atoms with Gasteiger partial charge in [-0.05, 0) is 18.9 Å². The van der Waals surface area contributed by atoms with Crippen LogP contribution in [0.4, 0.5) is 0 Å². The molecule has 94 valence electrons. The first-order valence-electron chi connectivity index (χ1n) is 5.94. The van der Waals surface area contributed by atoms with Crippen molar-refractivity contribution in [2.45, 2.75) is 25.8 Å². The van der Waals surface area contributed by atoms with Crippen molar-refractivity contribution in [1.82, 2.24) is 10.4 Å². The zero-order valence-electron chi connectivity index (χ0n) is 10.1. The van der Waals surface area contributed by atoms with E-state index in [9.17, 15) is 4.79 Å². The van der Waals surface area contributed by atoms with Gasteiger partial charge >= 0.3 is 5.97 Å². The van der Waals surface area contributed by atoms with E-state index in [1.807, 2.05) is 0 Å². The van der Waals surface area contributed by atoms with Crippen molar-refractivity contribution >= 4 is 5.97 Å². The second-order valence-electron chi connectivity index (χ2n) is 4.15. The molecule has 1 aromatic rings. The van der Waals surface area contributed by atoms with E-state index in [1.165, 1.54) is 32.6 Å². The Hall–Kier alpha value is -1.33. The van der Waals surface area contributed by atoms with Gasteiger partial charge in [-0.2, -0.15) is 0 Å². The number of nitrogens with one attached hydrogen (secondary N) is 1. The van der Waals surface area contributed by atoms with Crippen LogP contribution in [0.15, 0.2) is 16.7 Å². The van der Waals surface area contributed by atoms with Crippen LogP contribution in [0.1, 0.15) is 35.4 Å². The molecule has 2 rings (SSSR count). The lowest BCUT2D eigenvalue weighted by Crippen LogP contribution is -2.41. The summed E-state index contributed by atoms with van der Waals surface area (Å²) in [7, 11) is 1.35. The molecular weight excluding hydrogens is 220 g/mol. The molecule has 0 radical (unpaired) electrons. The number of hydrazine groups is 1. The Labute approximate surface area is 101 Å². The first kappa shape index (κ1) is 12.1. The molecule has 0 atom stereocenters. The van der Waals surface area contributed by atoms with Gasteiger partial charge < -0.3 is 9.15 Å². The maximum absolute atomic E-state index is 11.4. The van der Waals surface area contributed by atoms with Crippen LogP contribution in [0.5, 0.6) is 0 Å². The van der Waals surface area contributed by atoms with Gasteiger partial charge in [-0.25, -0.2) is 9.80 Å². The third-order valence-corrected chi connectivity index (χ3v) is 2.97. The van der Waals surface area contributed by atoms with Crippen LogP contribution in [-0.2, 0) is 11.3 Å². The number of hydrogen-bond donors (Lipinski definition) is 1. The lowest BCUT2D eigenvalue weighted by molar-refractivity contribution is 0.0561. The Balaban J connectivity index is 1.89. The van der Waals surface area contributed by atoms with Crippen molar-refractivity contribution in [2.75, 3.05) is 20.2 Å². The van der Waals surface area contributed by atoms with E-state index in [1.54, 1.807) is 6.07 Å². The first-order valence-corrected chi connectivity index (χ1v) is 5.94. The number of hydrogen-bond acceptors (Lipinski definition) is 5. The molecule has 2 heterocycles. The maximum Gasteiger partial charge on any atom is 0.374 e. The van der Waals surface area contributed by atoms with Crippen molar-refractivity contribution in [3.05, 3.63) is 23.7 Å². The zero-order chi connectivity index (χ0) is 12.1. The van der Waals surface area contributed by atoms with Gasteiger partial charge in [-0.3, -0.25) is 5.43 Å². The second-order valence-corrected chi connectivity index (χ2v) is 4.15. The predicted octanol–water partition coefficient (Wildman–Crippen LogP) is 1.56. The Morgan fingerprint density at radius 3 is 2.94 bits per heavy atom.